The van der Waals surface area contributed by atoms with E-state index in [9.17, 15) is 13.2 Å². The lowest BCUT2D eigenvalue weighted by molar-refractivity contribution is -0.131. The molecule has 1 aromatic carbocycles. The van der Waals surface area contributed by atoms with E-state index in [1.807, 2.05) is 37.3 Å². The number of nitrogens with zero attached hydrogens (tertiary/aromatic N) is 1. The molecule has 0 aromatic heterocycles. The van der Waals surface area contributed by atoms with Crippen LogP contribution in [0.4, 0.5) is 0 Å². The number of rotatable bonds is 7. The van der Waals surface area contributed by atoms with Gasteiger partial charge < -0.3 is 9.64 Å². The molecule has 2 atom stereocenters. The SMILES string of the molecule is CCOCC1CCN(C(=O)C(CS(C)(=O)=O)c2ccccc2)C1. The molecule has 5 nitrogen and oxygen atoms in total. The van der Waals surface area contributed by atoms with Crippen molar-refractivity contribution in [1.29, 1.82) is 0 Å². The van der Waals surface area contributed by atoms with Crippen molar-refractivity contribution in [2.45, 2.75) is 19.3 Å². The maximum absolute atomic E-state index is 12.9. The molecule has 1 aromatic rings. The van der Waals surface area contributed by atoms with Crippen LogP contribution in [0.1, 0.15) is 24.8 Å². The molecule has 23 heavy (non-hydrogen) atoms. The fourth-order valence-electron chi connectivity index (χ4n) is 2.97. The molecule has 1 aliphatic heterocycles. The Kier molecular flexibility index (Phi) is 6.18. The van der Waals surface area contributed by atoms with Gasteiger partial charge in [-0.3, -0.25) is 4.79 Å². The Balaban J connectivity index is 2.11. The fourth-order valence-corrected chi connectivity index (χ4v) is 3.91. The summed E-state index contributed by atoms with van der Waals surface area (Å²) in [6.07, 6.45) is 2.09. The van der Waals surface area contributed by atoms with Crippen LogP contribution >= 0.6 is 0 Å². The number of sulfone groups is 1. The summed E-state index contributed by atoms with van der Waals surface area (Å²) in [6.45, 7) is 4.60. The van der Waals surface area contributed by atoms with Gasteiger partial charge in [-0.15, -0.1) is 0 Å². The van der Waals surface area contributed by atoms with Crippen LogP contribution in [0.3, 0.4) is 0 Å². The lowest BCUT2D eigenvalue weighted by Gasteiger charge is -2.23. The number of hydrogen-bond acceptors (Lipinski definition) is 4. The summed E-state index contributed by atoms with van der Waals surface area (Å²) in [5, 5.41) is 0. The molecule has 2 rings (SSSR count). The van der Waals surface area contributed by atoms with Gasteiger partial charge >= 0.3 is 0 Å². The lowest BCUT2D eigenvalue weighted by Crippen LogP contribution is -2.36. The summed E-state index contributed by atoms with van der Waals surface area (Å²) < 4.78 is 28.9. The van der Waals surface area contributed by atoms with Gasteiger partial charge in [-0.25, -0.2) is 8.42 Å². The molecule has 0 aliphatic carbocycles. The third kappa shape index (κ3) is 5.32. The van der Waals surface area contributed by atoms with Gasteiger partial charge in [-0.1, -0.05) is 30.3 Å². The lowest BCUT2D eigenvalue weighted by atomic mass is 9.99. The van der Waals surface area contributed by atoms with Gasteiger partial charge in [0.2, 0.25) is 5.91 Å². The number of carbonyl (C=O) groups is 1. The molecule has 0 saturated carbocycles. The molecule has 1 saturated heterocycles. The first-order valence-electron chi connectivity index (χ1n) is 8.00. The normalized spacial score (nSPS) is 19.7. The second-order valence-corrected chi connectivity index (χ2v) is 8.34. The second-order valence-electron chi connectivity index (χ2n) is 6.15. The molecule has 0 radical (unpaired) electrons. The highest BCUT2D eigenvalue weighted by Gasteiger charge is 2.33. The van der Waals surface area contributed by atoms with Crippen molar-refractivity contribution in [2.24, 2.45) is 5.92 Å². The van der Waals surface area contributed by atoms with Crippen LogP contribution in [0.25, 0.3) is 0 Å². The Morgan fingerprint density at radius 3 is 2.65 bits per heavy atom. The van der Waals surface area contributed by atoms with Crippen molar-refractivity contribution in [1.82, 2.24) is 4.90 Å². The maximum Gasteiger partial charge on any atom is 0.231 e. The molecule has 0 N–H and O–H groups in total. The minimum absolute atomic E-state index is 0.0966. The first-order chi connectivity index (χ1) is 10.9. The molecule has 0 spiro atoms. The predicted molar refractivity (Wildman–Crippen MR) is 90.1 cm³/mol. The van der Waals surface area contributed by atoms with Crippen LogP contribution in [0.15, 0.2) is 30.3 Å². The topological polar surface area (TPSA) is 63.7 Å². The molecule has 1 aliphatic rings. The number of ether oxygens (including phenoxy) is 1. The Hall–Kier alpha value is -1.40. The molecule has 1 amide bonds. The van der Waals surface area contributed by atoms with E-state index in [-0.39, 0.29) is 11.7 Å². The standard InChI is InChI=1S/C17H25NO4S/c1-3-22-12-14-9-10-18(11-14)17(19)16(13-23(2,20)21)15-7-5-4-6-8-15/h4-8,14,16H,3,9-13H2,1-2H3. The van der Waals surface area contributed by atoms with E-state index in [1.165, 1.54) is 6.26 Å². The van der Waals surface area contributed by atoms with Crippen LogP contribution in [0.5, 0.6) is 0 Å². The zero-order valence-corrected chi connectivity index (χ0v) is 14.6. The average Bonchev–Trinajstić information content (AvgIpc) is 2.99. The number of benzene rings is 1. The van der Waals surface area contributed by atoms with E-state index in [2.05, 4.69) is 0 Å². The van der Waals surface area contributed by atoms with Crippen molar-refractivity contribution in [3.05, 3.63) is 35.9 Å². The molecule has 1 fully saturated rings. The Labute approximate surface area is 138 Å². The van der Waals surface area contributed by atoms with E-state index in [0.717, 1.165) is 12.0 Å². The zero-order chi connectivity index (χ0) is 16.9. The molecule has 2 unspecified atom stereocenters. The summed E-state index contributed by atoms with van der Waals surface area (Å²) in [4.78, 5) is 14.6. The Bertz CT molecular complexity index is 615. The second kappa shape index (κ2) is 7.93. The summed E-state index contributed by atoms with van der Waals surface area (Å²) in [7, 11) is -3.25. The van der Waals surface area contributed by atoms with Crippen molar-refractivity contribution >= 4 is 15.7 Å². The van der Waals surface area contributed by atoms with Gasteiger partial charge in [0.25, 0.3) is 0 Å². The summed E-state index contributed by atoms with van der Waals surface area (Å²) in [6, 6.07) is 9.17. The van der Waals surface area contributed by atoms with Gasteiger partial charge in [0, 0.05) is 31.9 Å². The predicted octanol–water partition coefficient (Wildman–Crippen LogP) is 1.70. The smallest absolute Gasteiger partial charge is 0.231 e. The largest absolute Gasteiger partial charge is 0.381 e. The molecular weight excluding hydrogens is 314 g/mol. The Morgan fingerprint density at radius 1 is 1.35 bits per heavy atom. The van der Waals surface area contributed by atoms with Crippen LogP contribution in [-0.2, 0) is 19.4 Å². The molecular formula is C17H25NO4S. The van der Waals surface area contributed by atoms with E-state index < -0.39 is 15.8 Å². The maximum atomic E-state index is 12.9. The first-order valence-corrected chi connectivity index (χ1v) is 10.1. The summed E-state index contributed by atoms with van der Waals surface area (Å²) in [5.74, 6) is -0.533. The number of likely N-dealkylation sites (tertiary alicyclic amines) is 1. The zero-order valence-electron chi connectivity index (χ0n) is 13.8. The molecule has 128 valence electrons. The van der Waals surface area contributed by atoms with Gasteiger partial charge in [-0.05, 0) is 18.9 Å². The van der Waals surface area contributed by atoms with Crippen LogP contribution in [0, 0.1) is 5.92 Å². The van der Waals surface area contributed by atoms with Gasteiger partial charge in [0.15, 0.2) is 0 Å². The van der Waals surface area contributed by atoms with Crippen LogP contribution < -0.4 is 0 Å². The highest BCUT2D eigenvalue weighted by molar-refractivity contribution is 7.90. The summed E-state index contributed by atoms with van der Waals surface area (Å²) >= 11 is 0. The quantitative estimate of drug-likeness (QED) is 0.758. The fraction of sp³-hybridized carbons (Fsp3) is 0.588. The van der Waals surface area contributed by atoms with Crippen molar-refractivity contribution in [3.63, 3.8) is 0 Å². The van der Waals surface area contributed by atoms with Gasteiger partial charge in [0.1, 0.15) is 9.84 Å². The van der Waals surface area contributed by atoms with Crippen molar-refractivity contribution in [3.8, 4) is 0 Å². The average molecular weight is 339 g/mol. The molecule has 6 heteroatoms. The van der Waals surface area contributed by atoms with Gasteiger partial charge in [0.05, 0.1) is 18.3 Å². The van der Waals surface area contributed by atoms with Crippen molar-refractivity contribution in [2.75, 3.05) is 38.3 Å². The third-order valence-corrected chi connectivity index (χ3v) is 5.06. The van der Waals surface area contributed by atoms with E-state index in [4.69, 9.17) is 4.74 Å². The number of hydrogen-bond donors (Lipinski definition) is 0. The third-order valence-electron chi connectivity index (χ3n) is 4.12. The van der Waals surface area contributed by atoms with Crippen LogP contribution in [-0.4, -0.2) is 57.5 Å². The van der Waals surface area contributed by atoms with E-state index in [1.54, 1.807) is 4.90 Å². The number of carbonyl (C=O) groups excluding carboxylic acids is 1. The minimum atomic E-state index is -3.25. The molecule has 1 heterocycles. The Morgan fingerprint density at radius 2 is 2.04 bits per heavy atom. The monoisotopic (exact) mass is 339 g/mol. The molecule has 0 bridgehead atoms. The van der Waals surface area contributed by atoms with Gasteiger partial charge in [-0.2, -0.15) is 0 Å². The van der Waals surface area contributed by atoms with Crippen molar-refractivity contribution < 1.29 is 17.9 Å². The van der Waals surface area contributed by atoms with E-state index in [0.29, 0.717) is 32.2 Å². The summed E-state index contributed by atoms with van der Waals surface area (Å²) in [5.41, 5.74) is 0.760. The first kappa shape index (κ1) is 17.9. The highest BCUT2D eigenvalue weighted by atomic mass is 32.2. The van der Waals surface area contributed by atoms with Crippen LogP contribution in [0.2, 0.25) is 0 Å². The van der Waals surface area contributed by atoms with E-state index >= 15 is 0 Å². The number of amides is 1. The highest BCUT2D eigenvalue weighted by Crippen LogP contribution is 2.25. The minimum Gasteiger partial charge on any atom is -0.381 e.